The monoisotopic (exact) mass is 355 g/mol. The SMILES string of the molecule is Cc1ccc(N2CC[C@@H](NS(=O)(=O)c3ccc(C#N)cc3)C2=O)cc1. The fraction of sp³-hybridized carbons (Fsp3) is 0.222. The van der Waals surface area contributed by atoms with E-state index in [-0.39, 0.29) is 10.8 Å². The third kappa shape index (κ3) is 3.55. The third-order valence-corrected chi connectivity index (χ3v) is 5.63. The molecule has 1 fully saturated rings. The largest absolute Gasteiger partial charge is 0.311 e. The van der Waals surface area contributed by atoms with Gasteiger partial charge in [-0.3, -0.25) is 4.79 Å². The molecule has 1 amide bonds. The molecule has 2 aromatic carbocycles. The van der Waals surface area contributed by atoms with E-state index in [2.05, 4.69) is 4.72 Å². The number of rotatable bonds is 4. The lowest BCUT2D eigenvalue weighted by Crippen LogP contribution is -2.41. The molecule has 0 saturated carbocycles. The first-order chi connectivity index (χ1) is 11.9. The number of benzene rings is 2. The summed E-state index contributed by atoms with van der Waals surface area (Å²) in [5.74, 6) is -0.263. The number of carbonyl (C=O) groups excluding carboxylic acids is 1. The Balaban J connectivity index is 1.75. The molecule has 0 aliphatic carbocycles. The maximum atomic E-state index is 12.6. The summed E-state index contributed by atoms with van der Waals surface area (Å²) in [7, 11) is -3.82. The van der Waals surface area contributed by atoms with Crippen LogP contribution in [0.2, 0.25) is 0 Å². The predicted octanol–water partition coefficient (Wildman–Crippen LogP) is 1.95. The molecule has 3 rings (SSSR count). The Labute approximate surface area is 146 Å². The van der Waals surface area contributed by atoms with Crippen LogP contribution in [0.3, 0.4) is 0 Å². The Morgan fingerprint density at radius 1 is 1.12 bits per heavy atom. The first-order valence-corrected chi connectivity index (χ1v) is 9.29. The van der Waals surface area contributed by atoms with Gasteiger partial charge in [0, 0.05) is 12.2 Å². The minimum Gasteiger partial charge on any atom is -0.311 e. The van der Waals surface area contributed by atoms with Crippen LogP contribution in [0.25, 0.3) is 0 Å². The van der Waals surface area contributed by atoms with Crippen molar-refractivity contribution in [2.24, 2.45) is 0 Å². The molecule has 1 heterocycles. The van der Waals surface area contributed by atoms with E-state index in [9.17, 15) is 13.2 Å². The molecule has 128 valence electrons. The highest BCUT2D eigenvalue weighted by atomic mass is 32.2. The Morgan fingerprint density at radius 3 is 2.36 bits per heavy atom. The van der Waals surface area contributed by atoms with Crippen LogP contribution in [-0.4, -0.2) is 26.9 Å². The molecule has 1 aliphatic rings. The number of amides is 1. The van der Waals surface area contributed by atoms with Gasteiger partial charge in [-0.2, -0.15) is 9.98 Å². The summed E-state index contributed by atoms with van der Waals surface area (Å²) >= 11 is 0. The van der Waals surface area contributed by atoms with E-state index in [0.717, 1.165) is 11.3 Å². The van der Waals surface area contributed by atoms with E-state index in [0.29, 0.717) is 18.5 Å². The Bertz CT molecular complexity index is 929. The second kappa shape index (κ2) is 6.67. The van der Waals surface area contributed by atoms with Crippen molar-refractivity contribution < 1.29 is 13.2 Å². The number of hydrogen-bond donors (Lipinski definition) is 1. The van der Waals surface area contributed by atoms with Gasteiger partial charge >= 0.3 is 0 Å². The number of anilines is 1. The van der Waals surface area contributed by atoms with Crippen LogP contribution in [0.15, 0.2) is 53.4 Å². The number of nitrogens with zero attached hydrogens (tertiary/aromatic N) is 2. The molecule has 0 unspecified atom stereocenters. The summed E-state index contributed by atoms with van der Waals surface area (Å²) in [6, 6.07) is 14.3. The van der Waals surface area contributed by atoms with Crippen LogP contribution >= 0.6 is 0 Å². The molecule has 1 saturated heterocycles. The highest BCUT2D eigenvalue weighted by Gasteiger charge is 2.35. The molecule has 0 radical (unpaired) electrons. The van der Waals surface area contributed by atoms with E-state index < -0.39 is 16.1 Å². The van der Waals surface area contributed by atoms with Crippen molar-refractivity contribution in [2.45, 2.75) is 24.3 Å². The molecule has 1 atom stereocenters. The van der Waals surface area contributed by atoms with Gasteiger partial charge in [-0.15, -0.1) is 0 Å². The molecule has 25 heavy (non-hydrogen) atoms. The van der Waals surface area contributed by atoms with Crippen molar-refractivity contribution in [3.8, 4) is 6.07 Å². The smallest absolute Gasteiger partial charge is 0.245 e. The second-order valence-electron chi connectivity index (χ2n) is 5.92. The van der Waals surface area contributed by atoms with Gasteiger partial charge in [0.05, 0.1) is 16.5 Å². The zero-order chi connectivity index (χ0) is 18.0. The van der Waals surface area contributed by atoms with Gasteiger partial charge in [0.25, 0.3) is 0 Å². The maximum absolute atomic E-state index is 12.6. The number of carbonyl (C=O) groups is 1. The summed E-state index contributed by atoms with van der Waals surface area (Å²) < 4.78 is 27.4. The van der Waals surface area contributed by atoms with E-state index in [1.807, 2.05) is 37.3 Å². The summed E-state index contributed by atoms with van der Waals surface area (Å²) in [6.45, 7) is 2.42. The fourth-order valence-electron chi connectivity index (χ4n) is 2.73. The summed E-state index contributed by atoms with van der Waals surface area (Å²) in [5.41, 5.74) is 2.23. The first-order valence-electron chi connectivity index (χ1n) is 7.81. The maximum Gasteiger partial charge on any atom is 0.245 e. The predicted molar refractivity (Wildman–Crippen MR) is 93.4 cm³/mol. The minimum absolute atomic E-state index is 0.0353. The molecule has 0 aromatic heterocycles. The lowest BCUT2D eigenvalue weighted by atomic mass is 10.2. The molecular weight excluding hydrogens is 338 g/mol. The van der Waals surface area contributed by atoms with Gasteiger partial charge in [-0.05, 0) is 49.7 Å². The van der Waals surface area contributed by atoms with Crippen LogP contribution < -0.4 is 9.62 Å². The molecule has 6 nitrogen and oxygen atoms in total. The minimum atomic E-state index is -3.82. The quantitative estimate of drug-likeness (QED) is 0.908. The fourth-order valence-corrected chi connectivity index (χ4v) is 3.96. The molecule has 1 aliphatic heterocycles. The molecule has 0 spiro atoms. The first kappa shape index (κ1) is 17.1. The van der Waals surface area contributed by atoms with E-state index in [1.54, 1.807) is 4.90 Å². The van der Waals surface area contributed by atoms with Gasteiger partial charge < -0.3 is 4.90 Å². The highest BCUT2D eigenvalue weighted by molar-refractivity contribution is 7.89. The number of aryl methyl sites for hydroxylation is 1. The average molecular weight is 355 g/mol. The highest BCUT2D eigenvalue weighted by Crippen LogP contribution is 2.23. The molecule has 0 bridgehead atoms. The van der Waals surface area contributed by atoms with Crippen LogP contribution in [-0.2, 0) is 14.8 Å². The zero-order valence-electron chi connectivity index (χ0n) is 13.6. The van der Waals surface area contributed by atoms with Crippen LogP contribution in [0.4, 0.5) is 5.69 Å². The van der Waals surface area contributed by atoms with Gasteiger partial charge in [0.15, 0.2) is 0 Å². The van der Waals surface area contributed by atoms with E-state index >= 15 is 0 Å². The molecule has 2 aromatic rings. The van der Waals surface area contributed by atoms with Gasteiger partial charge in [-0.25, -0.2) is 8.42 Å². The van der Waals surface area contributed by atoms with Crippen molar-refractivity contribution in [3.63, 3.8) is 0 Å². The molecule has 7 heteroatoms. The standard InChI is InChI=1S/C18H17N3O3S/c1-13-2-6-15(7-3-13)21-11-10-17(18(21)22)20-25(23,24)16-8-4-14(12-19)5-9-16/h2-9,17,20H,10-11H2,1H3/t17-/m1/s1. The Kier molecular flexibility index (Phi) is 4.57. The van der Waals surface area contributed by atoms with Crippen molar-refractivity contribution in [3.05, 3.63) is 59.7 Å². The average Bonchev–Trinajstić information content (AvgIpc) is 2.96. The lowest BCUT2D eigenvalue weighted by Gasteiger charge is -2.17. The Hall–Kier alpha value is -2.69. The number of sulfonamides is 1. The third-order valence-electron chi connectivity index (χ3n) is 4.14. The van der Waals surface area contributed by atoms with Crippen LogP contribution in [0.5, 0.6) is 0 Å². The van der Waals surface area contributed by atoms with Crippen molar-refractivity contribution in [2.75, 3.05) is 11.4 Å². The van der Waals surface area contributed by atoms with Crippen LogP contribution in [0.1, 0.15) is 17.5 Å². The summed E-state index contributed by atoms with van der Waals surface area (Å²) in [5, 5.41) is 8.79. The molecule has 1 N–H and O–H groups in total. The number of nitrogens with one attached hydrogen (secondary N) is 1. The van der Waals surface area contributed by atoms with Gasteiger partial charge in [0.2, 0.25) is 15.9 Å². The van der Waals surface area contributed by atoms with Crippen LogP contribution in [0, 0.1) is 18.3 Å². The van der Waals surface area contributed by atoms with E-state index in [4.69, 9.17) is 5.26 Å². The summed E-state index contributed by atoms with van der Waals surface area (Å²) in [4.78, 5) is 14.2. The van der Waals surface area contributed by atoms with Crippen molar-refractivity contribution >= 4 is 21.6 Å². The normalized spacial score (nSPS) is 17.5. The van der Waals surface area contributed by atoms with Crippen molar-refractivity contribution in [1.29, 1.82) is 5.26 Å². The number of hydrogen-bond acceptors (Lipinski definition) is 4. The van der Waals surface area contributed by atoms with Gasteiger partial charge in [-0.1, -0.05) is 17.7 Å². The zero-order valence-corrected chi connectivity index (χ0v) is 14.5. The topological polar surface area (TPSA) is 90.3 Å². The lowest BCUT2D eigenvalue weighted by molar-refractivity contribution is -0.118. The molecular formula is C18H17N3O3S. The van der Waals surface area contributed by atoms with Crippen molar-refractivity contribution in [1.82, 2.24) is 4.72 Å². The van der Waals surface area contributed by atoms with E-state index in [1.165, 1.54) is 24.3 Å². The van der Waals surface area contributed by atoms with Gasteiger partial charge in [0.1, 0.15) is 6.04 Å². The second-order valence-corrected chi connectivity index (χ2v) is 7.64. The number of nitriles is 1. The Morgan fingerprint density at radius 2 is 1.76 bits per heavy atom. The summed E-state index contributed by atoms with van der Waals surface area (Å²) in [6.07, 6.45) is 0.405.